The summed E-state index contributed by atoms with van der Waals surface area (Å²) in [4.78, 5) is 35.3. The van der Waals surface area contributed by atoms with Crippen molar-refractivity contribution in [3.05, 3.63) is 59.2 Å². The molecule has 0 unspecified atom stereocenters. The minimum atomic E-state index is -4.57. The van der Waals surface area contributed by atoms with Gasteiger partial charge in [0.2, 0.25) is 5.95 Å². The molecular weight excluding hydrogens is 547 g/mol. The van der Waals surface area contributed by atoms with Gasteiger partial charge in [0, 0.05) is 25.2 Å². The predicted octanol–water partition coefficient (Wildman–Crippen LogP) is 6.87. The van der Waals surface area contributed by atoms with E-state index in [4.69, 9.17) is 9.72 Å². The number of nitrogens with one attached hydrogen (secondary N) is 1. The number of aromatic nitrogens is 2. The van der Waals surface area contributed by atoms with Gasteiger partial charge in [0.15, 0.2) is 0 Å². The van der Waals surface area contributed by atoms with E-state index in [0.717, 1.165) is 68.4 Å². The number of imidazole rings is 1. The Hall–Kier alpha value is -3.60. The number of benzene rings is 2. The lowest BCUT2D eigenvalue weighted by Gasteiger charge is -2.30. The summed E-state index contributed by atoms with van der Waals surface area (Å²) in [5.74, 6) is -0.436. The molecule has 2 aliphatic heterocycles. The number of para-hydroxylation sites is 1. The van der Waals surface area contributed by atoms with Crippen LogP contribution in [0.1, 0.15) is 80.4 Å². The van der Waals surface area contributed by atoms with E-state index in [-0.39, 0.29) is 17.6 Å². The van der Waals surface area contributed by atoms with Crippen molar-refractivity contribution in [1.29, 1.82) is 0 Å². The van der Waals surface area contributed by atoms with Crippen LogP contribution >= 0.6 is 0 Å². The number of ether oxygens (including phenoxy) is 1. The zero-order valence-electron chi connectivity index (χ0n) is 24.3. The number of hydrogen-bond donors (Lipinski definition) is 1. The molecular formula is C31H38F3N5O3. The molecule has 2 aromatic carbocycles. The van der Waals surface area contributed by atoms with Gasteiger partial charge in [-0.05, 0) is 95.8 Å². The molecule has 11 heteroatoms. The number of halogens is 3. The van der Waals surface area contributed by atoms with Crippen molar-refractivity contribution in [2.45, 2.75) is 77.2 Å². The first kappa shape index (κ1) is 29.9. The van der Waals surface area contributed by atoms with E-state index in [1.165, 1.54) is 12.1 Å². The fourth-order valence-electron chi connectivity index (χ4n) is 5.81. The summed E-state index contributed by atoms with van der Waals surface area (Å²) in [5, 5.41) is 2.81. The number of rotatable bonds is 5. The number of amides is 2. The summed E-state index contributed by atoms with van der Waals surface area (Å²) in [6.07, 6.45) is -0.310. The Morgan fingerprint density at radius 1 is 1.00 bits per heavy atom. The van der Waals surface area contributed by atoms with Crippen molar-refractivity contribution in [3.8, 4) is 0 Å². The maximum absolute atomic E-state index is 13.4. The Morgan fingerprint density at radius 2 is 1.71 bits per heavy atom. The Morgan fingerprint density at radius 3 is 2.43 bits per heavy atom. The zero-order chi connectivity index (χ0) is 30.1. The van der Waals surface area contributed by atoms with Gasteiger partial charge in [0.05, 0.1) is 22.6 Å². The number of carbonyl (C=O) groups excluding carboxylic acids is 2. The molecule has 0 spiro atoms. The molecule has 1 atom stereocenters. The van der Waals surface area contributed by atoms with E-state index in [2.05, 4.69) is 16.3 Å². The average Bonchev–Trinajstić information content (AvgIpc) is 3.48. The van der Waals surface area contributed by atoms with Crippen molar-refractivity contribution in [2.75, 3.05) is 31.5 Å². The molecule has 2 aliphatic rings. The number of likely N-dealkylation sites (tertiary alicyclic amines) is 2. The van der Waals surface area contributed by atoms with Crippen molar-refractivity contribution in [2.24, 2.45) is 0 Å². The molecule has 3 heterocycles. The van der Waals surface area contributed by atoms with Crippen LogP contribution in [-0.2, 0) is 17.5 Å². The highest BCUT2D eigenvalue weighted by atomic mass is 19.4. The Balaban J connectivity index is 1.55. The Labute approximate surface area is 243 Å². The molecule has 226 valence electrons. The van der Waals surface area contributed by atoms with Crippen molar-refractivity contribution >= 4 is 29.0 Å². The molecule has 1 N–H and O–H groups in total. The van der Waals surface area contributed by atoms with Gasteiger partial charge in [-0.2, -0.15) is 13.2 Å². The number of anilines is 1. The van der Waals surface area contributed by atoms with Gasteiger partial charge in [-0.1, -0.05) is 18.2 Å². The highest BCUT2D eigenvalue weighted by Crippen LogP contribution is 2.34. The number of hydrogen-bond acceptors (Lipinski definition) is 5. The normalized spacial score (nSPS) is 18.7. The van der Waals surface area contributed by atoms with Crippen molar-refractivity contribution in [1.82, 2.24) is 19.4 Å². The second-order valence-electron chi connectivity index (χ2n) is 12.2. The summed E-state index contributed by atoms with van der Waals surface area (Å²) in [5.41, 5.74) is 0.937. The minimum absolute atomic E-state index is 0.114. The van der Waals surface area contributed by atoms with Crippen molar-refractivity contribution < 1.29 is 27.5 Å². The lowest BCUT2D eigenvalue weighted by atomic mass is 10.1. The molecule has 2 fully saturated rings. The minimum Gasteiger partial charge on any atom is -0.444 e. The molecule has 3 aromatic rings. The quantitative estimate of drug-likeness (QED) is 0.354. The van der Waals surface area contributed by atoms with Crippen molar-refractivity contribution in [3.63, 3.8) is 0 Å². The topological polar surface area (TPSA) is 79.7 Å². The van der Waals surface area contributed by atoms with Crippen LogP contribution in [0.25, 0.3) is 11.0 Å². The van der Waals surface area contributed by atoms with Crippen LogP contribution in [0.4, 0.5) is 23.9 Å². The highest BCUT2D eigenvalue weighted by molar-refractivity contribution is 6.04. The van der Waals surface area contributed by atoms with E-state index in [0.29, 0.717) is 25.2 Å². The maximum atomic E-state index is 13.4. The number of fused-ring (bicyclic) bond motifs is 1. The van der Waals surface area contributed by atoms with Gasteiger partial charge in [-0.25, -0.2) is 9.78 Å². The molecule has 0 radical (unpaired) electrons. The van der Waals surface area contributed by atoms with Gasteiger partial charge in [-0.3, -0.25) is 15.0 Å². The molecule has 1 aromatic heterocycles. The zero-order valence-corrected chi connectivity index (χ0v) is 24.3. The van der Waals surface area contributed by atoms with Crippen LogP contribution in [0.15, 0.2) is 42.5 Å². The van der Waals surface area contributed by atoms with E-state index in [1.54, 1.807) is 4.90 Å². The van der Waals surface area contributed by atoms with Crippen LogP contribution in [0.5, 0.6) is 0 Å². The lowest BCUT2D eigenvalue weighted by Crippen LogP contribution is -2.39. The average molecular weight is 586 g/mol. The van der Waals surface area contributed by atoms with Crippen LogP contribution in [-0.4, -0.2) is 63.1 Å². The third-order valence-corrected chi connectivity index (χ3v) is 7.73. The van der Waals surface area contributed by atoms with Crippen LogP contribution in [0.3, 0.4) is 0 Å². The largest absolute Gasteiger partial charge is 0.444 e. The molecule has 5 rings (SSSR count). The molecule has 0 aliphatic carbocycles. The standard InChI is InChI=1S/C31H38F3N5O3/c1-30(2,3)42-29(41)38-17-5-4-13-24(20-38)39-26-22(19-37-15-6-7-16-37)11-9-14-25(26)35-28(39)36-27(40)21-10-8-12-23(18-21)31(32,33)34/h8-12,14,18,24H,4-7,13,15-17,19-20H2,1-3H3,(H,35,36,40)/t24-/m1/s1. The summed E-state index contributed by atoms with van der Waals surface area (Å²) >= 11 is 0. The van der Waals surface area contributed by atoms with Crippen LogP contribution in [0.2, 0.25) is 0 Å². The number of alkyl halides is 3. The first-order chi connectivity index (χ1) is 19.9. The number of nitrogens with zero attached hydrogens (tertiary/aromatic N) is 4. The van der Waals surface area contributed by atoms with Gasteiger partial charge in [-0.15, -0.1) is 0 Å². The maximum Gasteiger partial charge on any atom is 0.416 e. The summed E-state index contributed by atoms with van der Waals surface area (Å²) < 4.78 is 47.8. The first-order valence-electron chi connectivity index (χ1n) is 14.6. The first-order valence-corrected chi connectivity index (χ1v) is 14.6. The lowest BCUT2D eigenvalue weighted by molar-refractivity contribution is -0.137. The Kier molecular flexibility index (Phi) is 8.50. The van der Waals surface area contributed by atoms with Gasteiger partial charge in [0.1, 0.15) is 5.60 Å². The molecule has 8 nitrogen and oxygen atoms in total. The van der Waals surface area contributed by atoms with E-state index < -0.39 is 29.3 Å². The SMILES string of the molecule is CC(C)(C)OC(=O)N1CCCC[C@@H](n2c(NC(=O)c3cccc(C(F)(F)F)c3)nc3cccc(CN4CCCC4)c32)C1. The second kappa shape index (κ2) is 11.9. The summed E-state index contributed by atoms with van der Waals surface area (Å²) in [6, 6.07) is 9.99. The van der Waals surface area contributed by atoms with E-state index in [1.807, 2.05) is 37.5 Å². The fraction of sp³-hybridized carbons (Fsp3) is 0.516. The van der Waals surface area contributed by atoms with Crippen LogP contribution < -0.4 is 5.32 Å². The van der Waals surface area contributed by atoms with E-state index in [9.17, 15) is 22.8 Å². The smallest absolute Gasteiger partial charge is 0.416 e. The van der Waals surface area contributed by atoms with Gasteiger partial charge < -0.3 is 14.2 Å². The molecule has 0 bridgehead atoms. The highest BCUT2D eigenvalue weighted by Gasteiger charge is 2.32. The van der Waals surface area contributed by atoms with Gasteiger partial charge >= 0.3 is 12.3 Å². The molecule has 0 saturated carbocycles. The number of carbonyl (C=O) groups is 2. The third kappa shape index (κ3) is 6.88. The van der Waals surface area contributed by atoms with Gasteiger partial charge in [0.25, 0.3) is 5.91 Å². The Bertz CT molecular complexity index is 1440. The molecule has 2 saturated heterocycles. The summed E-state index contributed by atoms with van der Waals surface area (Å²) in [6.45, 7) is 9.10. The molecule has 42 heavy (non-hydrogen) atoms. The monoisotopic (exact) mass is 585 g/mol. The second-order valence-corrected chi connectivity index (χ2v) is 12.2. The van der Waals surface area contributed by atoms with Crippen LogP contribution in [0, 0.1) is 0 Å². The molecule has 2 amide bonds. The van der Waals surface area contributed by atoms with E-state index >= 15 is 0 Å². The predicted molar refractivity (Wildman–Crippen MR) is 154 cm³/mol. The summed E-state index contributed by atoms with van der Waals surface area (Å²) in [7, 11) is 0. The third-order valence-electron chi connectivity index (χ3n) is 7.73. The fourth-order valence-corrected chi connectivity index (χ4v) is 5.81.